The van der Waals surface area contributed by atoms with Gasteiger partial charge in [0.15, 0.2) is 0 Å². The van der Waals surface area contributed by atoms with Gasteiger partial charge in [0.25, 0.3) is 0 Å². The zero-order chi connectivity index (χ0) is 9.84. The Morgan fingerprint density at radius 3 is 3.15 bits per heavy atom. The van der Waals surface area contributed by atoms with Crippen LogP contribution in [0.4, 0.5) is 0 Å². The van der Waals surface area contributed by atoms with Crippen molar-refractivity contribution in [2.45, 2.75) is 11.9 Å². The van der Waals surface area contributed by atoms with Crippen molar-refractivity contribution >= 4 is 33.7 Å². The highest BCUT2D eigenvalue weighted by Gasteiger charge is 2.24. The number of carbonyl (C=O) groups is 1. The van der Waals surface area contributed by atoms with Crippen molar-refractivity contribution in [3.8, 4) is 0 Å². The molecular weight excluding hydrogens is 257 g/mol. The van der Waals surface area contributed by atoms with Crippen LogP contribution < -0.4 is 0 Å². The van der Waals surface area contributed by atoms with Crippen molar-refractivity contribution in [2.75, 3.05) is 6.61 Å². The molecule has 0 amide bonds. The van der Waals surface area contributed by atoms with E-state index in [1.807, 2.05) is 0 Å². The highest BCUT2D eigenvalue weighted by Crippen LogP contribution is 2.24. The van der Waals surface area contributed by atoms with Gasteiger partial charge in [-0.2, -0.15) is 0 Å². The van der Waals surface area contributed by atoms with Crippen LogP contribution >= 0.6 is 27.7 Å². The fourth-order valence-electron chi connectivity index (χ4n) is 0.896. The number of hydrogen-bond acceptors (Lipinski definition) is 3. The Hall–Kier alpha value is -0.480. The molecule has 0 aromatic heterocycles. The van der Waals surface area contributed by atoms with Crippen molar-refractivity contribution in [1.82, 2.24) is 4.42 Å². The summed E-state index contributed by atoms with van der Waals surface area (Å²) in [7, 11) is 0. The minimum Gasteiger partial charge on any atom is -0.463 e. The number of nitrogens with zero attached hydrogens (tertiary/aromatic N) is 1. The summed E-state index contributed by atoms with van der Waals surface area (Å²) in [5, 5.41) is 0. The van der Waals surface area contributed by atoms with Crippen molar-refractivity contribution < 1.29 is 9.53 Å². The number of allylic oxidation sites excluding steroid dienone is 2. The first kappa shape index (κ1) is 10.6. The van der Waals surface area contributed by atoms with Gasteiger partial charge in [-0.25, -0.2) is 4.79 Å². The fraction of sp³-hybridized carbons (Fsp3) is 0.375. The summed E-state index contributed by atoms with van der Waals surface area (Å²) in [4.78, 5) is 11.0. The summed E-state index contributed by atoms with van der Waals surface area (Å²) in [6, 6.07) is 0. The van der Waals surface area contributed by atoms with E-state index in [-0.39, 0.29) is 10.9 Å². The first-order valence-electron chi connectivity index (χ1n) is 3.80. The predicted octanol–water partition coefficient (Wildman–Crippen LogP) is 2.18. The molecule has 0 bridgehead atoms. The minimum absolute atomic E-state index is 0.321. The molecule has 72 valence electrons. The summed E-state index contributed by atoms with van der Waals surface area (Å²) in [6.45, 7) is 2.13. The van der Waals surface area contributed by atoms with E-state index < -0.39 is 0 Å². The van der Waals surface area contributed by atoms with E-state index >= 15 is 0 Å². The lowest BCUT2D eigenvalue weighted by atomic mass is 10.2. The van der Waals surface area contributed by atoms with Gasteiger partial charge in [0.05, 0.1) is 12.2 Å². The highest BCUT2D eigenvalue weighted by molar-refractivity contribution is 9.09. The molecule has 0 spiro atoms. The van der Waals surface area contributed by atoms with Crippen molar-refractivity contribution in [1.29, 1.82) is 0 Å². The van der Waals surface area contributed by atoms with Crippen LogP contribution in [0.3, 0.4) is 0 Å². The van der Waals surface area contributed by atoms with Crippen LogP contribution in [0.5, 0.6) is 0 Å². The highest BCUT2D eigenvalue weighted by atomic mass is 79.9. The van der Waals surface area contributed by atoms with Crippen LogP contribution in [0.1, 0.15) is 6.92 Å². The van der Waals surface area contributed by atoms with Crippen LogP contribution in [0.2, 0.25) is 0 Å². The molecule has 1 heterocycles. The molecular formula is C8H9BrClNO2. The number of esters is 1. The van der Waals surface area contributed by atoms with Gasteiger partial charge >= 0.3 is 5.97 Å². The van der Waals surface area contributed by atoms with Gasteiger partial charge < -0.3 is 4.74 Å². The third kappa shape index (κ3) is 2.48. The van der Waals surface area contributed by atoms with E-state index in [4.69, 9.17) is 16.5 Å². The maximum atomic E-state index is 11.3. The Balaban J connectivity index is 2.73. The molecule has 0 fully saturated rings. The summed E-state index contributed by atoms with van der Waals surface area (Å²) < 4.78 is 6.21. The quantitative estimate of drug-likeness (QED) is 0.332. The molecule has 1 rings (SSSR count). The molecule has 0 saturated carbocycles. The fourth-order valence-corrected chi connectivity index (χ4v) is 1.54. The predicted molar refractivity (Wildman–Crippen MR) is 54.3 cm³/mol. The van der Waals surface area contributed by atoms with E-state index in [0.717, 1.165) is 0 Å². The van der Waals surface area contributed by atoms with Crippen molar-refractivity contribution in [3.05, 3.63) is 23.9 Å². The average molecular weight is 267 g/mol. The summed E-state index contributed by atoms with van der Waals surface area (Å²) in [5.74, 6) is -0.348. The number of ether oxygens (including phenoxy) is 1. The molecule has 0 radical (unpaired) electrons. The summed E-state index contributed by atoms with van der Waals surface area (Å²) >= 11 is 9.02. The van der Waals surface area contributed by atoms with Gasteiger partial charge in [0.1, 0.15) is 4.95 Å². The average Bonchev–Trinajstić information content (AvgIpc) is 2.10. The van der Waals surface area contributed by atoms with Crippen LogP contribution in [-0.4, -0.2) is 21.9 Å². The number of rotatable bonds is 2. The van der Waals surface area contributed by atoms with E-state index in [0.29, 0.717) is 12.2 Å². The largest absolute Gasteiger partial charge is 0.463 e. The zero-order valence-electron chi connectivity index (χ0n) is 7.04. The Kier molecular flexibility index (Phi) is 3.81. The third-order valence-electron chi connectivity index (χ3n) is 1.49. The first-order valence-corrected chi connectivity index (χ1v) is 5.06. The molecule has 3 nitrogen and oxygen atoms in total. The Morgan fingerprint density at radius 1 is 1.85 bits per heavy atom. The van der Waals surface area contributed by atoms with Crippen LogP contribution in [0.15, 0.2) is 23.9 Å². The smallest absolute Gasteiger partial charge is 0.337 e. The van der Waals surface area contributed by atoms with Crippen molar-refractivity contribution in [2.24, 2.45) is 0 Å². The molecule has 5 heteroatoms. The van der Waals surface area contributed by atoms with Crippen LogP contribution in [0.25, 0.3) is 0 Å². The number of hydrogen-bond donors (Lipinski definition) is 0. The Labute approximate surface area is 90.2 Å². The van der Waals surface area contributed by atoms with Gasteiger partial charge in [-0.15, -0.1) is 0 Å². The normalized spacial score (nSPS) is 21.3. The lowest BCUT2D eigenvalue weighted by Gasteiger charge is -2.22. The molecule has 0 aliphatic carbocycles. The van der Waals surface area contributed by atoms with Gasteiger partial charge in [-0.1, -0.05) is 15.9 Å². The SMILES string of the molecule is CCOC(=O)C1=CC=CN(Cl)[C@H]1Br. The zero-order valence-corrected chi connectivity index (χ0v) is 9.38. The second-order valence-electron chi connectivity index (χ2n) is 2.36. The third-order valence-corrected chi connectivity index (χ3v) is 2.97. The second kappa shape index (κ2) is 4.67. The summed E-state index contributed by atoms with van der Waals surface area (Å²) in [6.07, 6.45) is 5.02. The molecule has 1 aliphatic heterocycles. The Morgan fingerprint density at radius 2 is 2.54 bits per heavy atom. The molecule has 0 aromatic rings. The number of halogens is 2. The van der Waals surface area contributed by atoms with E-state index in [1.165, 1.54) is 4.42 Å². The number of carbonyl (C=O) groups excluding carboxylic acids is 1. The van der Waals surface area contributed by atoms with Crippen LogP contribution in [0, 0.1) is 0 Å². The maximum absolute atomic E-state index is 11.3. The van der Waals surface area contributed by atoms with E-state index in [2.05, 4.69) is 15.9 Å². The standard InChI is InChI=1S/C8H9BrClNO2/c1-2-13-8(12)6-4-3-5-11(10)7(6)9/h3-5,7H,2H2,1H3/t7-/m1/s1. The topological polar surface area (TPSA) is 29.5 Å². The molecule has 1 atom stereocenters. The van der Waals surface area contributed by atoms with Gasteiger partial charge in [-0.05, 0) is 19.1 Å². The first-order chi connectivity index (χ1) is 6.16. The van der Waals surface area contributed by atoms with E-state index in [1.54, 1.807) is 25.3 Å². The molecule has 0 aromatic carbocycles. The lowest BCUT2D eigenvalue weighted by Crippen LogP contribution is -2.26. The molecule has 13 heavy (non-hydrogen) atoms. The lowest BCUT2D eigenvalue weighted by molar-refractivity contribution is -0.138. The van der Waals surface area contributed by atoms with Crippen LogP contribution in [-0.2, 0) is 9.53 Å². The van der Waals surface area contributed by atoms with E-state index in [9.17, 15) is 4.79 Å². The molecule has 1 aliphatic rings. The molecule has 0 saturated heterocycles. The second-order valence-corrected chi connectivity index (χ2v) is 3.62. The van der Waals surface area contributed by atoms with Gasteiger partial charge in [-0.3, -0.25) is 4.42 Å². The van der Waals surface area contributed by atoms with Gasteiger partial charge in [0.2, 0.25) is 0 Å². The summed E-state index contributed by atoms with van der Waals surface area (Å²) in [5.41, 5.74) is 0.499. The maximum Gasteiger partial charge on any atom is 0.337 e. The number of alkyl halides is 1. The molecule has 0 N–H and O–H groups in total. The molecule has 0 unspecified atom stereocenters. The minimum atomic E-state index is -0.348. The monoisotopic (exact) mass is 265 g/mol. The Bertz CT molecular complexity index is 265. The van der Waals surface area contributed by atoms with Gasteiger partial charge in [0, 0.05) is 18.0 Å². The van der Waals surface area contributed by atoms with Crippen molar-refractivity contribution in [3.63, 3.8) is 0 Å².